The van der Waals surface area contributed by atoms with E-state index in [1.807, 2.05) is 0 Å². The van der Waals surface area contributed by atoms with Gasteiger partial charge in [-0.25, -0.2) is 0 Å². The summed E-state index contributed by atoms with van der Waals surface area (Å²) in [5.41, 5.74) is 0. The van der Waals surface area contributed by atoms with Crippen molar-refractivity contribution in [3.05, 3.63) is 0 Å². The van der Waals surface area contributed by atoms with E-state index in [0.717, 1.165) is 0 Å². The van der Waals surface area contributed by atoms with E-state index in [-0.39, 0.29) is 21.7 Å². The molecule has 5 heavy (non-hydrogen) atoms. The molecule has 0 aliphatic carbocycles. The van der Waals surface area contributed by atoms with Crippen molar-refractivity contribution in [3.63, 3.8) is 0 Å². The second kappa shape index (κ2) is 5.14. The van der Waals surface area contributed by atoms with Gasteiger partial charge in [-0.05, 0) is 20.0 Å². The topological polar surface area (TPSA) is 0 Å². The molecule has 30 valence electrons. The first-order valence-electron chi connectivity index (χ1n) is 1.34. The summed E-state index contributed by atoms with van der Waals surface area (Å²) in [7, 11) is 0.380. The van der Waals surface area contributed by atoms with Crippen LogP contribution in [0.3, 0.4) is 0 Å². The summed E-state index contributed by atoms with van der Waals surface area (Å²) in [5.74, 6) is 0. The Morgan fingerprint density at radius 1 is 1.00 bits per heavy atom. The average molecular weight is 124 g/mol. The summed E-state index contributed by atoms with van der Waals surface area (Å²) in [4.78, 5) is 0. The second-order valence-corrected chi connectivity index (χ2v) is 4.02. The number of hydrogen-bond donors (Lipinski definition) is 0. The average Bonchev–Trinajstić information content (AvgIpc) is 0.811. The van der Waals surface area contributed by atoms with E-state index in [9.17, 15) is 0 Å². The summed E-state index contributed by atoms with van der Waals surface area (Å²) in [6, 6.07) is 0. The van der Waals surface area contributed by atoms with E-state index in [2.05, 4.69) is 20.0 Å². The first-order valence-corrected chi connectivity index (χ1v) is 4.02. The van der Waals surface area contributed by atoms with E-state index in [1.165, 1.54) is 0 Å². The van der Waals surface area contributed by atoms with Gasteiger partial charge in [0.25, 0.3) is 0 Å². The van der Waals surface area contributed by atoms with Crippen LogP contribution in [0.5, 0.6) is 0 Å². The molecule has 0 fully saturated rings. The van der Waals surface area contributed by atoms with Crippen molar-refractivity contribution in [2.75, 3.05) is 20.0 Å². The first-order chi connectivity index (χ1) is 1.73. The van der Waals surface area contributed by atoms with Gasteiger partial charge in [0.2, 0.25) is 0 Å². The summed E-state index contributed by atoms with van der Waals surface area (Å²) < 4.78 is 0. The third-order valence-corrected chi connectivity index (χ3v) is 0. The molecule has 0 aromatic carbocycles. The molecule has 0 bridgehead atoms. The molecule has 0 rings (SSSR count). The molecule has 0 atom stereocenters. The van der Waals surface area contributed by atoms with Crippen LogP contribution in [0, 0.1) is 0 Å². The summed E-state index contributed by atoms with van der Waals surface area (Å²) in [6.45, 7) is 6.69. The molecule has 0 unspecified atom stereocenters. The molecule has 2 heteroatoms. The number of rotatable bonds is 0. The molecule has 0 aromatic heterocycles. The zero-order valence-electron chi connectivity index (χ0n) is 3.95. The molecular formula is C3H9PTi. The van der Waals surface area contributed by atoms with Crippen LogP contribution in [0.15, 0.2) is 0 Å². The van der Waals surface area contributed by atoms with E-state index < -0.39 is 0 Å². The monoisotopic (exact) mass is 124 g/mol. The van der Waals surface area contributed by atoms with E-state index >= 15 is 0 Å². The quantitative estimate of drug-likeness (QED) is 0.337. The van der Waals surface area contributed by atoms with Gasteiger partial charge < -0.3 is 0 Å². The van der Waals surface area contributed by atoms with Crippen LogP contribution >= 0.6 is 7.92 Å². The second-order valence-electron chi connectivity index (χ2n) is 1.34. The van der Waals surface area contributed by atoms with Gasteiger partial charge in [-0.15, -0.1) is 7.92 Å². The van der Waals surface area contributed by atoms with Gasteiger partial charge in [-0.1, -0.05) is 0 Å². The standard InChI is InChI=1S/C3H9P.Ti/c1-4(2)3;/h1-3H3;. The van der Waals surface area contributed by atoms with Crippen molar-refractivity contribution in [1.29, 1.82) is 0 Å². The van der Waals surface area contributed by atoms with Crippen LogP contribution < -0.4 is 0 Å². The normalized spacial score (nSPS) is 7.20. The van der Waals surface area contributed by atoms with Crippen molar-refractivity contribution in [2.45, 2.75) is 0 Å². The van der Waals surface area contributed by atoms with Crippen LogP contribution in [0.25, 0.3) is 0 Å². The maximum atomic E-state index is 2.23. The van der Waals surface area contributed by atoms with Crippen LogP contribution in [0.2, 0.25) is 0 Å². The minimum atomic E-state index is 0. The van der Waals surface area contributed by atoms with Gasteiger partial charge in [-0.2, -0.15) is 0 Å². The molecule has 0 aliphatic rings. The fourth-order valence-corrected chi connectivity index (χ4v) is 0. The predicted octanol–water partition coefficient (Wildman–Crippen LogP) is 1.36. The minimum Gasteiger partial charge on any atom is -0.116 e. The van der Waals surface area contributed by atoms with Crippen LogP contribution in [-0.4, -0.2) is 20.0 Å². The van der Waals surface area contributed by atoms with E-state index in [0.29, 0.717) is 7.92 Å². The molecular weight excluding hydrogens is 115 g/mol. The summed E-state index contributed by atoms with van der Waals surface area (Å²) in [6.07, 6.45) is 0. The van der Waals surface area contributed by atoms with Crippen molar-refractivity contribution < 1.29 is 21.7 Å². The third kappa shape index (κ3) is 38.8. The largest absolute Gasteiger partial charge is 0.116 e. The van der Waals surface area contributed by atoms with Crippen molar-refractivity contribution in [1.82, 2.24) is 0 Å². The third-order valence-electron chi connectivity index (χ3n) is 0. The Hall–Kier alpha value is 1.14. The molecule has 0 saturated carbocycles. The van der Waals surface area contributed by atoms with Crippen molar-refractivity contribution >= 4 is 7.92 Å². The zero-order valence-corrected chi connectivity index (χ0v) is 6.40. The molecule has 0 aromatic rings. The maximum absolute atomic E-state index is 2.23. The van der Waals surface area contributed by atoms with Crippen LogP contribution in [0.1, 0.15) is 0 Å². The molecule has 0 N–H and O–H groups in total. The van der Waals surface area contributed by atoms with Gasteiger partial charge in [0.05, 0.1) is 0 Å². The Morgan fingerprint density at radius 2 is 1.00 bits per heavy atom. The first kappa shape index (κ1) is 9.47. The number of hydrogen-bond acceptors (Lipinski definition) is 0. The van der Waals surface area contributed by atoms with Gasteiger partial charge in [-0.3, -0.25) is 0 Å². The molecule has 0 aliphatic heterocycles. The Balaban J connectivity index is 0. The maximum Gasteiger partial charge on any atom is 0 e. The Labute approximate surface area is 50.0 Å². The molecule has 0 spiro atoms. The van der Waals surface area contributed by atoms with Gasteiger partial charge >= 0.3 is 0 Å². The van der Waals surface area contributed by atoms with Gasteiger partial charge in [0, 0.05) is 21.7 Å². The van der Waals surface area contributed by atoms with E-state index in [1.54, 1.807) is 0 Å². The van der Waals surface area contributed by atoms with Gasteiger partial charge in [0.15, 0.2) is 0 Å². The predicted molar refractivity (Wildman–Crippen MR) is 24.7 cm³/mol. The SMILES string of the molecule is CP(C)C.[Ti]. The molecule has 0 heterocycles. The molecule has 0 amide bonds. The van der Waals surface area contributed by atoms with Crippen LogP contribution in [-0.2, 0) is 21.7 Å². The smallest absolute Gasteiger partial charge is 0 e. The van der Waals surface area contributed by atoms with Gasteiger partial charge in [0.1, 0.15) is 0 Å². The molecule has 0 radical (unpaired) electrons. The molecule has 0 nitrogen and oxygen atoms in total. The summed E-state index contributed by atoms with van der Waals surface area (Å²) in [5, 5.41) is 0. The van der Waals surface area contributed by atoms with Crippen molar-refractivity contribution in [2.24, 2.45) is 0 Å². The van der Waals surface area contributed by atoms with Crippen molar-refractivity contribution in [3.8, 4) is 0 Å². The Bertz CT molecular complexity index is 11.6. The zero-order chi connectivity index (χ0) is 3.58. The van der Waals surface area contributed by atoms with Crippen LogP contribution in [0.4, 0.5) is 0 Å². The molecule has 0 saturated heterocycles. The Kier molecular flexibility index (Phi) is 9.74. The van der Waals surface area contributed by atoms with E-state index in [4.69, 9.17) is 0 Å². The Morgan fingerprint density at radius 3 is 1.00 bits per heavy atom. The summed E-state index contributed by atoms with van der Waals surface area (Å²) >= 11 is 0. The fourth-order valence-electron chi connectivity index (χ4n) is 0. The fraction of sp³-hybridized carbons (Fsp3) is 1.00. The minimum absolute atomic E-state index is 0.